The van der Waals surface area contributed by atoms with E-state index < -0.39 is 0 Å². The molecule has 1 rings (SSSR count). The molecule has 2 nitrogen and oxygen atoms in total. The maximum atomic E-state index is 9.25. The standard InChI is InChI=1S/C11H18BrNOS/c1-8-5-9(15-10(8)12)6-13(4)11(2,3)7-14/h5,14H,6-7H2,1-4H3. The topological polar surface area (TPSA) is 23.5 Å². The van der Waals surface area contributed by atoms with E-state index in [9.17, 15) is 5.11 Å². The lowest BCUT2D eigenvalue weighted by molar-refractivity contribution is 0.0741. The fraction of sp³-hybridized carbons (Fsp3) is 0.636. The molecule has 1 N–H and O–H groups in total. The lowest BCUT2D eigenvalue weighted by Crippen LogP contribution is -2.43. The average molecular weight is 292 g/mol. The summed E-state index contributed by atoms with van der Waals surface area (Å²) in [7, 11) is 2.04. The van der Waals surface area contributed by atoms with Crippen molar-refractivity contribution in [3.05, 3.63) is 20.3 Å². The van der Waals surface area contributed by atoms with E-state index in [0.717, 1.165) is 6.54 Å². The molecule has 0 spiro atoms. The van der Waals surface area contributed by atoms with Crippen LogP contribution in [0.4, 0.5) is 0 Å². The van der Waals surface area contributed by atoms with Crippen LogP contribution in [0, 0.1) is 6.92 Å². The molecular weight excluding hydrogens is 274 g/mol. The van der Waals surface area contributed by atoms with Crippen LogP contribution < -0.4 is 0 Å². The molecule has 86 valence electrons. The van der Waals surface area contributed by atoms with Crippen LogP contribution in [-0.2, 0) is 6.54 Å². The first kappa shape index (κ1) is 13.2. The van der Waals surface area contributed by atoms with Gasteiger partial charge in [-0.25, -0.2) is 0 Å². The van der Waals surface area contributed by atoms with Gasteiger partial charge < -0.3 is 5.11 Å². The number of likely N-dealkylation sites (N-methyl/N-ethyl adjacent to an activating group) is 1. The lowest BCUT2D eigenvalue weighted by Gasteiger charge is -2.33. The molecule has 4 heteroatoms. The first-order chi connectivity index (χ1) is 6.86. The molecular formula is C11H18BrNOS. The van der Waals surface area contributed by atoms with Crippen LogP contribution >= 0.6 is 27.3 Å². The third kappa shape index (κ3) is 3.28. The molecule has 0 saturated carbocycles. The molecule has 1 heterocycles. The van der Waals surface area contributed by atoms with Gasteiger partial charge in [-0.3, -0.25) is 4.90 Å². The van der Waals surface area contributed by atoms with Gasteiger partial charge in [0, 0.05) is 17.0 Å². The summed E-state index contributed by atoms with van der Waals surface area (Å²) in [5.41, 5.74) is 1.12. The van der Waals surface area contributed by atoms with Gasteiger partial charge >= 0.3 is 0 Å². The van der Waals surface area contributed by atoms with Crippen molar-refractivity contribution in [3.8, 4) is 0 Å². The van der Waals surface area contributed by atoms with Crippen LogP contribution in [0.5, 0.6) is 0 Å². The van der Waals surface area contributed by atoms with E-state index in [2.05, 4.69) is 33.8 Å². The number of nitrogens with zero attached hydrogens (tertiary/aromatic N) is 1. The molecule has 1 aromatic rings. The summed E-state index contributed by atoms with van der Waals surface area (Å²) in [6.07, 6.45) is 0. The second-order valence-corrected chi connectivity index (χ2v) is 6.95. The number of thiophene rings is 1. The van der Waals surface area contributed by atoms with Gasteiger partial charge in [-0.2, -0.15) is 0 Å². The Morgan fingerprint density at radius 1 is 1.53 bits per heavy atom. The van der Waals surface area contributed by atoms with Crippen LogP contribution in [0.15, 0.2) is 9.85 Å². The van der Waals surface area contributed by atoms with Crippen molar-refractivity contribution in [2.45, 2.75) is 32.9 Å². The molecule has 0 saturated heterocycles. The molecule has 0 unspecified atom stereocenters. The Balaban J connectivity index is 2.70. The highest BCUT2D eigenvalue weighted by molar-refractivity contribution is 9.11. The summed E-state index contributed by atoms with van der Waals surface area (Å²) in [5, 5.41) is 9.25. The van der Waals surface area contributed by atoms with Gasteiger partial charge in [0.1, 0.15) is 0 Å². The number of halogens is 1. The van der Waals surface area contributed by atoms with Crippen molar-refractivity contribution in [3.63, 3.8) is 0 Å². The summed E-state index contributed by atoms with van der Waals surface area (Å²) in [5.74, 6) is 0. The van der Waals surface area contributed by atoms with Gasteiger partial charge in [-0.15, -0.1) is 11.3 Å². The number of aryl methyl sites for hydroxylation is 1. The molecule has 0 aliphatic rings. The summed E-state index contributed by atoms with van der Waals surface area (Å²) in [6, 6.07) is 2.19. The first-order valence-electron chi connectivity index (χ1n) is 4.93. The Labute approximate surface area is 104 Å². The Bertz CT molecular complexity index is 316. The number of aliphatic hydroxyl groups excluding tert-OH is 1. The van der Waals surface area contributed by atoms with E-state index in [0.29, 0.717) is 0 Å². The number of aliphatic hydroxyl groups is 1. The third-order valence-electron chi connectivity index (χ3n) is 2.72. The van der Waals surface area contributed by atoms with E-state index in [1.807, 2.05) is 20.9 Å². The van der Waals surface area contributed by atoms with Crippen LogP contribution in [0.3, 0.4) is 0 Å². The third-order valence-corrected chi connectivity index (χ3v) is 4.84. The highest BCUT2D eigenvalue weighted by Crippen LogP contribution is 2.29. The zero-order valence-electron chi connectivity index (χ0n) is 9.67. The molecule has 0 amide bonds. The lowest BCUT2D eigenvalue weighted by atomic mass is 10.1. The van der Waals surface area contributed by atoms with Gasteiger partial charge in [0.25, 0.3) is 0 Å². The van der Waals surface area contributed by atoms with Crippen LogP contribution in [-0.4, -0.2) is 29.2 Å². The molecule has 15 heavy (non-hydrogen) atoms. The van der Waals surface area contributed by atoms with E-state index in [-0.39, 0.29) is 12.1 Å². The minimum atomic E-state index is -0.162. The molecule has 0 fully saturated rings. The molecule has 0 aliphatic carbocycles. The SMILES string of the molecule is Cc1cc(CN(C)C(C)(C)CO)sc1Br. The summed E-state index contributed by atoms with van der Waals surface area (Å²) >= 11 is 5.29. The molecule has 0 atom stereocenters. The molecule has 0 bridgehead atoms. The average Bonchev–Trinajstić information content (AvgIpc) is 2.46. The van der Waals surface area contributed by atoms with E-state index in [4.69, 9.17) is 0 Å². The normalized spacial score (nSPS) is 12.5. The van der Waals surface area contributed by atoms with E-state index >= 15 is 0 Å². The highest BCUT2D eigenvalue weighted by atomic mass is 79.9. The van der Waals surface area contributed by atoms with Crippen molar-refractivity contribution in [2.24, 2.45) is 0 Å². The molecule has 0 aromatic carbocycles. The summed E-state index contributed by atoms with van der Waals surface area (Å²) in [6.45, 7) is 7.24. The van der Waals surface area contributed by atoms with E-state index in [1.165, 1.54) is 14.2 Å². The Hall–Kier alpha value is 0.100. The molecule has 0 aliphatic heterocycles. The minimum Gasteiger partial charge on any atom is -0.394 e. The van der Waals surface area contributed by atoms with E-state index in [1.54, 1.807) is 11.3 Å². The molecule has 1 aromatic heterocycles. The van der Waals surface area contributed by atoms with Gasteiger partial charge in [0.2, 0.25) is 0 Å². The zero-order valence-corrected chi connectivity index (χ0v) is 12.1. The van der Waals surface area contributed by atoms with Gasteiger partial charge in [0.05, 0.1) is 10.4 Å². The van der Waals surface area contributed by atoms with Crippen molar-refractivity contribution in [1.29, 1.82) is 0 Å². The summed E-state index contributed by atoms with van der Waals surface area (Å²) < 4.78 is 1.20. The fourth-order valence-corrected chi connectivity index (χ4v) is 2.85. The monoisotopic (exact) mass is 291 g/mol. The Morgan fingerprint density at radius 3 is 2.53 bits per heavy atom. The molecule has 0 radical (unpaired) electrons. The van der Waals surface area contributed by atoms with Crippen molar-refractivity contribution < 1.29 is 5.11 Å². The van der Waals surface area contributed by atoms with Crippen LogP contribution in [0.2, 0.25) is 0 Å². The minimum absolute atomic E-state index is 0.162. The smallest absolute Gasteiger partial charge is 0.0730 e. The quantitative estimate of drug-likeness (QED) is 0.922. The van der Waals surface area contributed by atoms with Crippen LogP contribution in [0.25, 0.3) is 0 Å². The number of rotatable bonds is 4. The Kier molecular flexibility index (Phi) is 4.35. The largest absolute Gasteiger partial charge is 0.394 e. The van der Waals surface area contributed by atoms with Crippen molar-refractivity contribution in [1.82, 2.24) is 4.90 Å². The summed E-state index contributed by atoms with van der Waals surface area (Å²) in [4.78, 5) is 3.49. The number of hydrogen-bond donors (Lipinski definition) is 1. The predicted molar refractivity (Wildman–Crippen MR) is 69.4 cm³/mol. The van der Waals surface area contributed by atoms with Gasteiger partial charge in [-0.1, -0.05) is 0 Å². The van der Waals surface area contributed by atoms with Gasteiger partial charge in [-0.05, 0) is 55.4 Å². The van der Waals surface area contributed by atoms with Crippen LogP contribution in [0.1, 0.15) is 24.3 Å². The highest BCUT2D eigenvalue weighted by Gasteiger charge is 2.22. The second kappa shape index (κ2) is 4.95. The maximum Gasteiger partial charge on any atom is 0.0730 e. The van der Waals surface area contributed by atoms with Crippen molar-refractivity contribution >= 4 is 27.3 Å². The predicted octanol–water partition coefficient (Wildman–Crippen LogP) is 3.02. The Morgan fingerprint density at radius 2 is 2.13 bits per heavy atom. The number of hydrogen-bond acceptors (Lipinski definition) is 3. The zero-order chi connectivity index (χ0) is 11.6. The van der Waals surface area contributed by atoms with Gasteiger partial charge in [0.15, 0.2) is 0 Å². The first-order valence-corrected chi connectivity index (χ1v) is 6.54. The maximum absolute atomic E-state index is 9.25. The second-order valence-electron chi connectivity index (χ2n) is 4.50. The van der Waals surface area contributed by atoms with Crippen molar-refractivity contribution in [2.75, 3.05) is 13.7 Å². The fourth-order valence-electron chi connectivity index (χ4n) is 1.17.